The van der Waals surface area contributed by atoms with E-state index in [4.69, 9.17) is 23.1 Å². The Labute approximate surface area is 429 Å². The molecule has 76 heavy (non-hydrogen) atoms. The molecule has 7 heterocycles. The van der Waals surface area contributed by atoms with Gasteiger partial charge in [-0.3, -0.25) is 4.98 Å². The number of nitrogens with zero attached hydrogens (tertiary/aromatic N) is 6. The van der Waals surface area contributed by atoms with Crippen molar-refractivity contribution in [1.82, 2.24) is 18.7 Å². The summed E-state index contributed by atoms with van der Waals surface area (Å²) in [6, 6.07) is 68.8. The highest BCUT2D eigenvalue weighted by atomic mass is 16.3. The number of furan rings is 3. The summed E-state index contributed by atoms with van der Waals surface area (Å²) in [5.74, 6) is 0. The lowest BCUT2D eigenvalue weighted by Gasteiger charge is -2.26. The standard InChI is InChI=1S/C67H34N6O3/c1-69-61-65(71-48-22-8-2-16-38(48)41-28-31-54-58(62(41)71)44-19-5-11-25-51(44)74-54)47(35-68)57(37-15-14-34-70-36-37)66(72-49-23-9-3-17-39(49)42-29-32-55-59(63(42)72)45-20-6-12-26-52(45)75-55)67(61)73-50-24-10-4-18-40(50)43-30-33-56-60(64(43)73)46-21-7-13-27-53(46)76-56/h2-34,36H. The van der Waals surface area contributed by atoms with E-state index in [-0.39, 0.29) is 5.69 Å². The Morgan fingerprint density at radius 1 is 0.395 bits per heavy atom. The first kappa shape index (κ1) is 40.7. The Morgan fingerprint density at radius 2 is 0.789 bits per heavy atom. The van der Waals surface area contributed by atoms with Gasteiger partial charge >= 0.3 is 0 Å². The van der Waals surface area contributed by atoms with Crippen molar-refractivity contribution in [3.8, 4) is 34.3 Å². The first-order valence-electron chi connectivity index (χ1n) is 25.1. The maximum atomic E-state index is 12.4. The molecule has 0 unspecified atom stereocenters. The molecule has 9 heteroatoms. The quantitative estimate of drug-likeness (QED) is 0.164. The topological polar surface area (TPSA) is 95.2 Å². The molecule has 0 atom stereocenters. The van der Waals surface area contributed by atoms with Crippen LogP contribution in [0.2, 0.25) is 0 Å². The molecule has 0 saturated heterocycles. The van der Waals surface area contributed by atoms with Gasteiger partial charge in [0.2, 0.25) is 5.69 Å². The van der Waals surface area contributed by atoms with E-state index >= 15 is 0 Å². The average Bonchev–Trinajstić information content (AvgIpc) is 4.41. The largest absolute Gasteiger partial charge is 0.456 e. The van der Waals surface area contributed by atoms with E-state index in [1.807, 2.05) is 91.1 Å². The SMILES string of the molecule is [C-]#[N+]c1c(-n2c3ccccc3c3ccc4oc5ccccc5c4c32)c(C#N)c(-c2cccnc2)c(-n2c3ccccc3c3ccc4oc5ccccc5c4c32)c1-n1c2ccccc2c2ccc3oc4ccccc4c3c21. The first-order valence-corrected chi connectivity index (χ1v) is 25.1. The van der Waals surface area contributed by atoms with Gasteiger partial charge in [-0.05, 0) is 78.9 Å². The molecule has 0 fully saturated rings. The molecule has 0 aliphatic heterocycles. The maximum Gasteiger partial charge on any atom is 0.237 e. The molecule has 0 N–H and O–H groups in total. The summed E-state index contributed by atoms with van der Waals surface area (Å²) in [6.45, 7) is 9.92. The number of hydrogen-bond acceptors (Lipinski definition) is 5. The van der Waals surface area contributed by atoms with Crippen LogP contribution in [0.15, 0.2) is 220 Å². The number of nitriles is 1. The number of hydrogen-bond donors (Lipinski definition) is 0. The van der Waals surface area contributed by atoms with Crippen molar-refractivity contribution in [2.45, 2.75) is 0 Å². The fraction of sp³-hybridized carbons (Fsp3) is 0. The lowest BCUT2D eigenvalue weighted by molar-refractivity contribution is 0.669. The van der Waals surface area contributed by atoms with Crippen molar-refractivity contribution in [2.24, 2.45) is 0 Å². The van der Waals surface area contributed by atoms with Gasteiger partial charge in [-0.1, -0.05) is 115 Å². The third-order valence-electron chi connectivity index (χ3n) is 15.8. The van der Waals surface area contributed by atoms with E-state index in [0.29, 0.717) is 44.9 Å². The molecule has 17 aromatic rings. The van der Waals surface area contributed by atoms with Gasteiger partial charge in [0.25, 0.3) is 0 Å². The molecule has 9 nitrogen and oxygen atoms in total. The van der Waals surface area contributed by atoms with E-state index in [9.17, 15) is 11.8 Å². The third-order valence-corrected chi connectivity index (χ3v) is 15.8. The van der Waals surface area contributed by atoms with Gasteiger partial charge in [0.1, 0.15) is 39.6 Å². The first-order chi connectivity index (χ1) is 37.7. The minimum Gasteiger partial charge on any atom is -0.456 e. The second kappa shape index (κ2) is 14.9. The molecular weight excluding hydrogens is 937 g/mol. The van der Waals surface area contributed by atoms with Crippen LogP contribution in [0.25, 0.3) is 164 Å². The molecule has 7 aromatic heterocycles. The number of para-hydroxylation sites is 6. The van der Waals surface area contributed by atoms with Crippen LogP contribution in [0.3, 0.4) is 0 Å². The Kier molecular flexibility index (Phi) is 7.96. The Hall–Kier alpha value is -10.9. The minimum absolute atomic E-state index is 0.272. The zero-order valence-corrected chi connectivity index (χ0v) is 40.0. The van der Waals surface area contributed by atoms with E-state index < -0.39 is 0 Å². The molecule has 10 aromatic carbocycles. The van der Waals surface area contributed by atoms with Gasteiger partial charge in [0, 0.05) is 72.0 Å². The zero-order chi connectivity index (χ0) is 49.9. The van der Waals surface area contributed by atoms with Gasteiger partial charge in [0.05, 0.1) is 78.5 Å². The molecule has 0 radical (unpaired) electrons. The van der Waals surface area contributed by atoms with E-state index in [1.54, 1.807) is 6.20 Å². The van der Waals surface area contributed by atoms with Gasteiger partial charge in [-0.15, -0.1) is 0 Å². The van der Waals surface area contributed by atoms with Gasteiger partial charge in [-0.2, -0.15) is 5.26 Å². The summed E-state index contributed by atoms with van der Waals surface area (Å²) in [5.41, 5.74) is 13.1. The van der Waals surface area contributed by atoms with Gasteiger partial charge in [-0.25, -0.2) is 4.85 Å². The van der Waals surface area contributed by atoms with Gasteiger partial charge < -0.3 is 27.0 Å². The number of pyridine rings is 1. The highest BCUT2D eigenvalue weighted by Crippen LogP contribution is 2.54. The fourth-order valence-electron chi connectivity index (χ4n) is 12.8. The lowest BCUT2D eigenvalue weighted by Crippen LogP contribution is -2.12. The Bertz CT molecular complexity index is 5510. The van der Waals surface area contributed by atoms with Crippen molar-refractivity contribution in [3.63, 3.8) is 0 Å². The van der Waals surface area contributed by atoms with E-state index in [0.717, 1.165) is 120 Å². The highest BCUT2D eigenvalue weighted by molar-refractivity contribution is 6.29. The van der Waals surface area contributed by atoms with Crippen LogP contribution in [0.5, 0.6) is 0 Å². The average molecular weight is 971 g/mol. The maximum absolute atomic E-state index is 12.4. The smallest absolute Gasteiger partial charge is 0.237 e. The van der Waals surface area contributed by atoms with Crippen LogP contribution in [0.4, 0.5) is 5.69 Å². The number of aromatic nitrogens is 4. The third kappa shape index (κ3) is 5.12. The highest BCUT2D eigenvalue weighted by Gasteiger charge is 2.35. The summed E-state index contributed by atoms with van der Waals surface area (Å²) in [6.07, 6.45) is 3.59. The molecule has 0 aliphatic rings. The molecule has 0 spiro atoms. The van der Waals surface area contributed by atoms with Crippen molar-refractivity contribution >= 4 is 137 Å². The van der Waals surface area contributed by atoms with Crippen molar-refractivity contribution in [1.29, 1.82) is 5.26 Å². The fourth-order valence-corrected chi connectivity index (χ4v) is 12.8. The Balaban J connectivity index is 1.21. The van der Waals surface area contributed by atoms with E-state index in [1.165, 1.54) is 0 Å². The van der Waals surface area contributed by atoms with Crippen molar-refractivity contribution < 1.29 is 13.3 Å². The van der Waals surface area contributed by atoms with Crippen molar-refractivity contribution in [2.75, 3.05) is 0 Å². The van der Waals surface area contributed by atoms with Crippen molar-refractivity contribution in [3.05, 3.63) is 223 Å². The summed E-state index contributed by atoms with van der Waals surface area (Å²) < 4.78 is 26.8. The molecule has 0 saturated carbocycles. The van der Waals surface area contributed by atoms with Gasteiger partial charge in [0.15, 0.2) is 0 Å². The normalized spacial score (nSPS) is 12.2. The predicted molar refractivity (Wildman–Crippen MR) is 306 cm³/mol. The molecule has 0 aliphatic carbocycles. The molecule has 0 amide bonds. The van der Waals surface area contributed by atoms with Crippen LogP contribution in [0.1, 0.15) is 5.56 Å². The molecule has 350 valence electrons. The summed E-state index contributed by atoms with van der Waals surface area (Å²) >= 11 is 0. The Morgan fingerprint density at radius 3 is 1.20 bits per heavy atom. The molecular formula is C67H34N6O3. The van der Waals surface area contributed by atoms with Crippen LogP contribution < -0.4 is 0 Å². The number of rotatable bonds is 4. The van der Waals surface area contributed by atoms with Crippen LogP contribution in [-0.2, 0) is 0 Å². The summed E-state index contributed by atoms with van der Waals surface area (Å²) in [5, 5.41) is 23.9. The van der Waals surface area contributed by atoms with Crippen LogP contribution in [0, 0.1) is 17.9 Å². The van der Waals surface area contributed by atoms with E-state index in [2.05, 4.69) is 129 Å². The monoisotopic (exact) mass is 970 g/mol. The second-order valence-electron chi connectivity index (χ2n) is 19.5. The summed E-state index contributed by atoms with van der Waals surface area (Å²) in [7, 11) is 0. The molecule has 0 bridgehead atoms. The number of benzene rings is 10. The number of fused-ring (bicyclic) bond motifs is 21. The predicted octanol–water partition coefficient (Wildman–Crippen LogP) is 18.2. The second-order valence-corrected chi connectivity index (χ2v) is 19.5. The van der Waals surface area contributed by atoms with Crippen LogP contribution >= 0.6 is 0 Å². The zero-order valence-electron chi connectivity index (χ0n) is 40.0. The molecule has 17 rings (SSSR count). The summed E-state index contributed by atoms with van der Waals surface area (Å²) in [4.78, 5) is 9.61. The van der Waals surface area contributed by atoms with Crippen LogP contribution in [-0.4, -0.2) is 18.7 Å². The lowest BCUT2D eigenvalue weighted by atomic mass is 9.93. The minimum atomic E-state index is 0.272.